The normalized spacial score (nSPS) is 10.6. The molecule has 2 heteroatoms. The Bertz CT molecular complexity index is 459. The van der Waals surface area contributed by atoms with Crippen LogP contribution < -0.4 is 5.32 Å². The fourth-order valence-corrected chi connectivity index (χ4v) is 1.75. The van der Waals surface area contributed by atoms with Gasteiger partial charge in [0.1, 0.15) is 11.5 Å². The van der Waals surface area contributed by atoms with Crippen LogP contribution in [0.25, 0.3) is 11.3 Å². The maximum absolute atomic E-state index is 5.75. The topological polar surface area (TPSA) is 25.2 Å². The summed E-state index contributed by atoms with van der Waals surface area (Å²) in [6.07, 6.45) is 1.05. The Balaban J connectivity index is 2.27. The summed E-state index contributed by atoms with van der Waals surface area (Å²) in [7, 11) is 1.92. The van der Waals surface area contributed by atoms with Crippen molar-refractivity contribution in [3.05, 3.63) is 47.7 Å². The highest BCUT2D eigenvalue weighted by Gasteiger charge is 2.04. The van der Waals surface area contributed by atoms with Crippen molar-refractivity contribution in [2.24, 2.45) is 0 Å². The highest BCUT2D eigenvalue weighted by molar-refractivity contribution is 5.58. The molecule has 0 atom stereocenters. The Morgan fingerprint density at radius 3 is 2.81 bits per heavy atom. The molecule has 0 radical (unpaired) electrons. The largest absolute Gasteiger partial charge is 0.460 e. The second-order valence-electron chi connectivity index (χ2n) is 3.85. The Kier molecular flexibility index (Phi) is 3.42. The van der Waals surface area contributed by atoms with Crippen LogP contribution in [-0.4, -0.2) is 7.05 Å². The van der Waals surface area contributed by atoms with Gasteiger partial charge in [0.05, 0.1) is 6.54 Å². The molecule has 1 N–H and O–H groups in total. The Hall–Kier alpha value is -1.54. The number of furan rings is 1. The van der Waals surface area contributed by atoms with Gasteiger partial charge in [-0.2, -0.15) is 0 Å². The van der Waals surface area contributed by atoms with Crippen molar-refractivity contribution in [3.63, 3.8) is 0 Å². The van der Waals surface area contributed by atoms with Crippen molar-refractivity contribution in [2.45, 2.75) is 19.9 Å². The molecule has 0 fully saturated rings. The Morgan fingerprint density at radius 2 is 2.06 bits per heavy atom. The molecule has 1 aromatic carbocycles. The maximum Gasteiger partial charge on any atom is 0.134 e. The van der Waals surface area contributed by atoms with Crippen LogP contribution in [0.2, 0.25) is 0 Å². The summed E-state index contributed by atoms with van der Waals surface area (Å²) in [5, 5.41) is 3.08. The van der Waals surface area contributed by atoms with Crippen molar-refractivity contribution in [3.8, 4) is 11.3 Å². The van der Waals surface area contributed by atoms with Crippen LogP contribution in [0.4, 0.5) is 0 Å². The zero-order valence-electron chi connectivity index (χ0n) is 9.79. The van der Waals surface area contributed by atoms with Gasteiger partial charge in [0, 0.05) is 5.56 Å². The minimum Gasteiger partial charge on any atom is -0.460 e. The molecule has 2 rings (SSSR count). The first-order chi connectivity index (χ1) is 7.83. The van der Waals surface area contributed by atoms with Crippen LogP contribution in [0.3, 0.4) is 0 Å². The van der Waals surface area contributed by atoms with Gasteiger partial charge in [-0.3, -0.25) is 0 Å². The molecule has 0 unspecified atom stereocenters. The van der Waals surface area contributed by atoms with E-state index in [0.717, 1.165) is 30.0 Å². The summed E-state index contributed by atoms with van der Waals surface area (Å²) in [4.78, 5) is 0. The summed E-state index contributed by atoms with van der Waals surface area (Å²) in [5.74, 6) is 1.92. The van der Waals surface area contributed by atoms with Crippen molar-refractivity contribution in [1.29, 1.82) is 0 Å². The first kappa shape index (κ1) is 11.0. The predicted octanol–water partition coefficient (Wildman–Crippen LogP) is 3.23. The first-order valence-corrected chi connectivity index (χ1v) is 5.66. The fraction of sp³-hybridized carbons (Fsp3) is 0.286. The maximum atomic E-state index is 5.75. The molecule has 1 aromatic heterocycles. The number of hydrogen-bond donors (Lipinski definition) is 1. The zero-order chi connectivity index (χ0) is 11.4. The molecule has 0 aliphatic carbocycles. The molecule has 1 heterocycles. The Labute approximate surface area is 96.3 Å². The summed E-state index contributed by atoms with van der Waals surface area (Å²) in [5.41, 5.74) is 2.49. The van der Waals surface area contributed by atoms with E-state index < -0.39 is 0 Å². The number of nitrogens with one attached hydrogen (secondary N) is 1. The van der Waals surface area contributed by atoms with Gasteiger partial charge >= 0.3 is 0 Å². The molecule has 2 aromatic rings. The van der Waals surface area contributed by atoms with Crippen LogP contribution in [0.5, 0.6) is 0 Å². The highest BCUT2D eigenvalue weighted by atomic mass is 16.3. The van der Waals surface area contributed by atoms with E-state index in [2.05, 4.69) is 36.5 Å². The van der Waals surface area contributed by atoms with E-state index >= 15 is 0 Å². The van der Waals surface area contributed by atoms with Gasteiger partial charge in [-0.1, -0.05) is 25.1 Å². The van der Waals surface area contributed by atoms with Crippen LogP contribution in [-0.2, 0) is 13.0 Å². The zero-order valence-corrected chi connectivity index (χ0v) is 9.79. The second kappa shape index (κ2) is 4.99. The smallest absolute Gasteiger partial charge is 0.134 e. The number of aryl methyl sites for hydroxylation is 1. The van der Waals surface area contributed by atoms with Crippen molar-refractivity contribution in [1.82, 2.24) is 5.32 Å². The van der Waals surface area contributed by atoms with Gasteiger partial charge < -0.3 is 9.73 Å². The molecule has 0 bridgehead atoms. The summed E-state index contributed by atoms with van der Waals surface area (Å²) < 4.78 is 5.75. The lowest BCUT2D eigenvalue weighted by molar-refractivity contribution is 0.507. The molecule has 0 spiro atoms. The molecule has 16 heavy (non-hydrogen) atoms. The Morgan fingerprint density at radius 1 is 1.19 bits per heavy atom. The summed E-state index contributed by atoms with van der Waals surface area (Å²) in [6, 6.07) is 12.5. The van der Waals surface area contributed by atoms with Gasteiger partial charge in [-0.15, -0.1) is 0 Å². The molecular formula is C14H17NO. The number of benzene rings is 1. The van der Waals surface area contributed by atoms with E-state index in [1.807, 2.05) is 19.2 Å². The van der Waals surface area contributed by atoms with E-state index in [9.17, 15) is 0 Å². The molecular weight excluding hydrogens is 198 g/mol. The molecule has 0 saturated carbocycles. The van der Waals surface area contributed by atoms with E-state index in [1.165, 1.54) is 5.56 Å². The van der Waals surface area contributed by atoms with Gasteiger partial charge in [-0.05, 0) is 37.2 Å². The molecule has 2 nitrogen and oxygen atoms in total. The van der Waals surface area contributed by atoms with E-state index in [-0.39, 0.29) is 0 Å². The third kappa shape index (κ3) is 2.34. The van der Waals surface area contributed by atoms with Crippen molar-refractivity contribution < 1.29 is 4.42 Å². The van der Waals surface area contributed by atoms with Crippen LogP contribution in [0.1, 0.15) is 18.2 Å². The summed E-state index contributed by atoms with van der Waals surface area (Å²) in [6.45, 7) is 2.93. The predicted molar refractivity (Wildman–Crippen MR) is 66.3 cm³/mol. The van der Waals surface area contributed by atoms with Gasteiger partial charge in [0.25, 0.3) is 0 Å². The highest BCUT2D eigenvalue weighted by Crippen LogP contribution is 2.23. The monoisotopic (exact) mass is 215 g/mol. The lowest BCUT2D eigenvalue weighted by Gasteiger charge is -2.00. The molecule has 84 valence electrons. The van der Waals surface area contributed by atoms with Crippen molar-refractivity contribution >= 4 is 0 Å². The van der Waals surface area contributed by atoms with Crippen LogP contribution in [0.15, 0.2) is 40.8 Å². The molecule has 0 amide bonds. The van der Waals surface area contributed by atoms with E-state index in [4.69, 9.17) is 4.42 Å². The fourth-order valence-electron chi connectivity index (χ4n) is 1.75. The minimum atomic E-state index is 0.771. The molecule has 0 aliphatic heterocycles. The second-order valence-corrected chi connectivity index (χ2v) is 3.85. The average molecular weight is 215 g/mol. The number of rotatable bonds is 4. The van der Waals surface area contributed by atoms with Crippen molar-refractivity contribution in [2.75, 3.05) is 7.05 Å². The third-order valence-electron chi connectivity index (χ3n) is 2.63. The standard InChI is InChI=1S/C14H17NO/c1-3-11-5-4-6-12(9-11)14-8-7-13(16-14)10-15-2/h4-9,15H,3,10H2,1-2H3. The molecule has 0 saturated heterocycles. The van der Waals surface area contributed by atoms with Crippen LogP contribution in [0, 0.1) is 0 Å². The molecule has 0 aliphatic rings. The SMILES string of the molecule is CCc1cccc(-c2ccc(CNC)o2)c1. The van der Waals surface area contributed by atoms with E-state index in [1.54, 1.807) is 0 Å². The lowest BCUT2D eigenvalue weighted by atomic mass is 10.1. The number of hydrogen-bond acceptors (Lipinski definition) is 2. The van der Waals surface area contributed by atoms with Gasteiger partial charge in [-0.25, -0.2) is 0 Å². The third-order valence-corrected chi connectivity index (χ3v) is 2.63. The van der Waals surface area contributed by atoms with Gasteiger partial charge in [0.15, 0.2) is 0 Å². The first-order valence-electron chi connectivity index (χ1n) is 5.66. The van der Waals surface area contributed by atoms with Crippen LogP contribution >= 0.6 is 0 Å². The van der Waals surface area contributed by atoms with Gasteiger partial charge in [0.2, 0.25) is 0 Å². The lowest BCUT2D eigenvalue weighted by Crippen LogP contribution is -2.03. The quantitative estimate of drug-likeness (QED) is 0.847. The average Bonchev–Trinajstić information content (AvgIpc) is 2.78. The van der Waals surface area contributed by atoms with E-state index in [0.29, 0.717) is 0 Å². The minimum absolute atomic E-state index is 0.771. The summed E-state index contributed by atoms with van der Waals surface area (Å²) >= 11 is 0.